The number of nitro benzene ring substituents is 2. The fourth-order valence-electron chi connectivity index (χ4n) is 3.25. The molecule has 0 amide bonds. The highest BCUT2D eigenvalue weighted by Crippen LogP contribution is 2.11. The number of carboxylic acid groups (broad SMARTS) is 2. The number of nitro groups is 2. The Labute approximate surface area is 182 Å². The average Bonchev–Trinajstić information content (AvgIpc) is 2.81. The van der Waals surface area contributed by atoms with Crippen LogP contribution in [0.25, 0.3) is 0 Å². The van der Waals surface area contributed by atoms with Gasteiger partial charge in [-0.3, -0.25) is 20.2 Å². The highest BCUT2D eigenvalue weighted by atomic mass is 16.6. The number of carboxylic acids is 2. The first-order chi connectivity index (χ1) is 15.2. The number of non-ortho nitro benzene ring substituents is 2. The minimum absolute atomic E-state index is 0.0689. The van der Waals surface area contributed by atoms with E-state index in [1.807, 2.05) is 9.80 Å². The van der Waals surface area contributed by atoms with Crippen LogP contribution < -0.4 is 20.0 Å². The summed E-state index contributed by atoms with van der Waals surface area (Å²) in [5.74, 6) is -2.69. The lowest BCUT2D eigenvalue weighted by molar-refractivity contribution is -1.06. The van der Waals surface area contributed by atoms with Gasteiger partial charge in [-0.25, -0.2) is 0 Å². The molecule has 2 aromatic carbocycles. The summed E-state index contributed by atoms with van der Waals surface area (Å²) in [5, 5.41) is 40.7. The first-order valence-corrected chi connectivity index (χ1v) is 9.76. The number of benzene rings is 2. The molecule has 170 valence electrons. The van der Waals surface area contributed by atoms with Crippen LogP contribution in [0.2, 0.25) is 0 Å². The van der Waals surface area contributed by atoms with Gasteiger partial charge in [0, 0.05) is 24.3 Å². The maximum absolute atomic E-state index is 10.2. The van der Waals surface area contributed by atoms with Gasteiger partial charge in [0.15, 0.2) is 0 Å². The van der Waals surface area contributed by atoms with Gasteiger partial charge in [-0.1, -0.05) is 0 Å². The number of quaternary nitrogens is 2. The molecular weight excluding hydrogens is 424 g/mol. The normalized spacial score (nSPS) is 18.2. The van der Waals surface area contributed by atoms with Crippen LogP contribution >= 0.6 is 0 Å². The number of hydrogen-bond donors (Lipinski definition) is 2. The molecule has 0 unspecified atom stereocenters. The van der Waals surface area contributed by atoms with Crippen molar-refractivity contribution >= 4 is 23.3 Å². The van der Waals surface area contributed by atoms with E-state index in [9.17, 15) is 40.0 Å². The molecule has 3 aliphatic heterocycles. The van der Waals surface area contributed by atoms with E-state index >= 15 is 0 Å². The Balaban J connectivity index is 0.000000173. The number of piperazine rings is 3. The van der Waals surface area contributed by atoms with E-state index in [4.69, 9.17) is 0 Å². The van der Waals surface area contributed by atoms with Crippen LogP contribution in [0.15, 0.2) is 48.5 Å². The van der Waals surface area contributed by atoms with E-state index in [1.54, 1.807) is 0 Å². The van der Waals surface area contributed by atoms with E-state index in [2.05, 4.69) is 0 Å². The fourth-order valence-corrected chi connectivity index (χ4v) is 3.25. The van der Waals surface area contributed by atoms with Crippen LogP contribution in [-0.4, -0.2) is 61.1 Å². The quantitative estimate of drug-likeness (QED) is 0.363. The van der Waals surface area contributed by atoms with Crippen molar-refractivity contribution < 1.29 is 39.4 Å². The molecule has 3 heterocycles. The Hall–Kier alpha value is -3.90. The largest absolute Gasteiger partial charge is 0.545 e. The number of carbonyl (C=O) groups is 2. The van der Waals surface area contributed by atoms with Crippen molar-refractivity contribution in [2.45, 2.75) is 0 Å². The third kappa shape index (κ3) is 7.41. The molecule has 0 saturated carbocycles. The number of carbonyl (C=O) groups excluding carboxylic acids is 2. The highest BCUT2D eigenvalue weighted by molar-refractivity contribution is 5.86. The van der Waals surface area contributed by atoms with Crippen molar-refractivity contribution in [3.8, 4) is 0 Å². The van der Waals surface area contributed by atoms with Gasteiger partial charge in [-0.05, 0) is 35.4 Å². The Morgan fingerprint density at radius 3 is 1.00 bits per heavy atom. The summed E-state index contributed by atoms with van der Waals surface area (Å²) < 4.78 is 0. The summed E-state index contributed by atoms with van der Waals surface area (Å²) in [5.41, 5.74) is -0.416. The maximum atomic E-state index is 10.2. The van der Waals surface area contributed by atoms with Crippen LogP contribution in [-0.2, 0) is 0 Å². The van der Waals surface area contributed by atoms with Gasteiger partial charge in [-0.15, -0.1) is 0 Å². The lowest BCUT2D eigenvalue weighted by atomic mass is 10.2. The van der Waals surface area contributed by atoms with Gasteiger partial charge in [0.25, 0.3) is 11.4 Å². The lowest BCUT2D eigenvalue weighted by Gasteiger charge is -2.35. The summed E-state index contributed by atoms with van der Waals surface area (Å²) in [6, 6.07) is 8.99. The standard InChI is InChI=1S/2C7H5NO4.C6H12N2/c2*9-7(10)5-1-3-6(4-2-5)8(11)12;1-2-8-5-3-7(1)4-6-8/h2*1-4H,(H,9,10);1-6H2. The summed E-state index contributed by atoms with van der Waals surface area (Å²) >= 11 is 0. The van der Waals surface area contributed by atoms with Crippen molar-refractivity contribution in [1.29, 1.82) is 0 Å². The van der Waals surface area contributed by atoms with Gasteiger partial charge in [0.05, 0.1) is 21.8 Å². The van der Waals surface area contributed by atoms with E-state index in [0.29, 0.717) is 0 Å². The third-order valence-electron chi connectivity index (χ3n) is 5.12. The molecule has 0 aliphatic carbocycles. The maximum Gasteiger partial charge on any atom is 0.269 e. The smallest absolute Gasteiger partial charge is 0.269 e. The molecule has 2 bridgehead atoms. The Bertz CT molecular complexity index is 798. The van der Waals surface area contributed by atoms with Gasteiger partial charge in [0.1, 0.15) is 39.3 Å². The monoisotopic (exact) mass is 446 g/mol. The van der Waals surface area contributed by atoms with Crippen molar-refractivity contribution in [2.24, 2.45) is 0 Å². The Morgan fingerprint density at radius 1 is 0.594 bits per heavy atom. The molecule has 3 saturated heterocycles. The molecule has 0 radical (unpaired) electrons. The van der Waals surface area contributed by atoms with E-state index < -0.39 is 21.8 Å². The molecule has 0 aromatic heterocycles. The first kappa shape index (κ1) is 24.4. The number of hydrogen-bond acceptors (Lipinski definition) is 8. The third-order valence-corrected chi connectivity index (χ3v) is 5.12. The first-order valence-electron chi connectivity index (χ1n) is 9.76. The second-order valence-corrected chi connectivity index (χ2v) is 7.18. The van der Waals surface area contributed by atoms with Crippen molar-refractivity contribution in [3.05, 3.63) is 79.9 Å². The van der Waals surface area contributed by atoms with Crippen molar-refractivity contribution in [3.63, 3.8) is 0 Å². The lowest BCUT2D eigenvalue weighted by Crippen LogP contribution is -3.35. The summed E-state index contributed by atoms with van der Waals surface area (Å²) in [7, 11) is 0. The average molecular weight is 446 g/mol. The zero-order valence-corrected chi connectivity index (χ0v) is 17.0. The van der Waals surface area contributed by atoms with Gasteiger partial charge >= 0.3 is 0 Å². The molecule has 12 nitrogen and oxygen atoms in total. The molecule has 32 heavy (non-hydrogen) atoms. The molecule has 12 heteroatoms. The van der Waals surface area contributed by atoms with Crippen molar-refractivity contribution in [2.75, 3.05) is 39.3 Å². The summed E-state index contributed by atoms with van der Waals surface area (Å²) in [6.45, 7) is 8.64. The second-order valence-electron chi connectivity index (χ2n) is 7.18. The number of fused-ring (bicyclic) bond motifs is 3. The Morgan fingerprint density at radius 2 is 0.844 bits per heavy atom. The number of nitrogens with zero attached hydrogens (tertiary/aromatic N) is 2. The zero-order chi connectivity index (χ0) is 23.7. The minimum Gasteiger partial charge on any atom is -0.545 e. The second kappa shape index (κ2) is 11.5. The van der Waals surface area contributed by atoms with E-state index in [0.717, 1.165) is 48.5 Å². The van der Waals surface area contributed by atoms with Crippen molar-refractivity contribution in [1.82, 2.24) is 0 Å². The molecule has 0 atom stereocenters. The van der Waals surface area contributed by atoms with Crippen LogP contribution in [0.5, 0.6) is 0 Å². The van der Waals surface area contributed by atoms with Gasteiger partial charge in [-0.2, -0.15) is 0 Å². The van der Waals surface area contributed by atoms with E-state index in [-0.39, 0.29) is 22.5 Å². The van der Waals surface area contributed by atoms with Crippen LogP contribution in [0.1, 0.15) is 20.7 Å². The molecule has 3 aliphatic rings. The zero-order valence-electron chi connectivity index (χ0n) is 17.0. The molecule has 2 N–H and O–H groups in total. The molecule has 0 spiro atoms. The summed E-state index contributed by atoms with van der Waals surface area (Å²) in [6.07, 6.45) is 0. The number of rotatable bonds is 4. The fraction of sp³-hybridized carbons (Fsp3) is 0.300. The summed E-state index contributed by atoms with van der Waals surface area (Å²) in [4.78, 5) is 43.1. The highest BCUT2D eigenvalue weighted by Gasteiger charge is 2.29. The Kier molecular flexibility index (Phi) is 8.74. The van der Waals surface area contributed by atoms with Gasteiger partial charge < -0.3 is 29.6 Å². The van der Waals surface area contributed by atoms with Gasteiger partial charge in [0.2, 0.25) is 0 Å². The molecule has 5 rings (SSSR count). The topological polar surface area (TPSA) is 175 Å². The molecule has 3 fully saturated rings. The van der Waals surface area contributed by atoms with Crippen LogP contribution in [0.4, 0.5) is 11.4 Å². The number of aromatic carboxylic acids is 2. The predicted molar refractivity (Wildman–Crippen MR) is 106 cm³/mol. The predicted octanol–water partition coefficient (Wildman–Crippen LogP) is -3.30. The van der Waals surface area contributed by atoms with Crippen LogP contribution in [0.3, 0.4) is 0 Å². The van der Waals surface area contributed by atoms with E-state index in [1.165, 1.54) is 39.3 Å². The number of nitrogens with one attached hydrogen (secondary N) is 2. The minimum atomic E-state index is -1.34. The SMILES string of the molecule is C1C[NH+]2CC[NH+]1CC2.O=C([O-])c1ccc([N+](=O)[O-])cc1.O=C([O-])c1ccc([N+](=O)[O-])cc1. The van der Waals surface area contributed by atoms with Crippen LogP contribution in [0, 0.1) is 20.2 Å². The molecule has 2 aromatic rings. The molecular formula is C20H22N4O8.